The van der Waals surface area contributed by atoms with E-state index in [2.05, 4.69) is 0 Å². The molecule has 20 heavy (non-hydrogen) atoms. The molecule has 2 aromatic rings. The lowest BCUT2D eigenvalue weighted by molar-refractivity contribution is 0.603. The van der Waals surface area contributed by atoms with Gasteiger partial charge in [-0.05, 0) is 47.1 Å². The van der Waals surface area contributed by atoms with Crippen molar-refractivity contribution in [3.8, 4) is 0 Å². The first kappa shape index (κ1) is 15.7. The molecule has 0 bridgehead atoms. The molecule has 1 atom stereocenters. The van der Waals surface area contributed by atoms with Crippen molar-refractivity contribution < 1.29 is 4.55 Å². The minimum absolute atomic E-state index is 0.453. The van der Waals surface area contributed by atoms with Gasteiger partial charge in [-0.25, -0.2) is 0 Å². The second-order valence-electron chi connectivity index (χ2n) is 4.13. The zero-order chi connectivity index (χ0) is 14.5. The average Bonchev–Trinajstić information content (AvgIpc) is 2.43. The standard InChI is InChI=1S/C15H11Cl3OS/c16-13-4-1-12(2-5-13)10-20(19)8-7-11-3-6-14(17)15(18)9-11/h1-9H,10H2. The molecule has 104 valence electrons. The Morgan fingerprint density at radius 3 is 2.30 bits per heavy atom. The Labute approximate surface area is 136 Å². The van der Waals surface area contributed by atoms with E-state index in [9.17, 15) is 4.55 Å². The van der Waals surface area contributed by atoms with Crippen molar-refractivity contribution in [1.29, 1.82) is 0 Å². The van der Waals surface area contributed by atoms with E-state index < -0.39 is 11.2 Å². The predicted molar refractivity (Wildman–Crippen MR) is 88.8 cm³/mol. The van der Waals surface area contributed by atoms with Crippen LogP contribution in [0.3, 0.4) is 0 Å². The maximum Gasteiger partial charge on any atom is 0.135 e. The Balaban J connectivity index is 1.99. The lowest BCUT2D eigenvalue weighted by Gasteiger charge is -2.06. The molecule has 2 aromatic carbocycles. The van der Waals surface area contributed by atoms with Crippen LogP contribution < -0.4 is 0 Å². The lowest BCUT2D eigenvalue weighted by atomic mass is 10.2. The smallest absolute Gasteiger partial charge is 0.135 e. The number of benzene rings is 2. The summed E-state index contributed by atoms with van der Waals surface area (Å²) in [5, 5.41) is 3.31. The molecular formula is C15H11Cl3OS. The summed E-state index contributed by atoms with van der Waals surface area (Å²) < 4.78 is 12.0. The molecule has 0 fully saturated rings. The Bertz CT molecular complexity index is 611. The third kappa shape index (κ3) is 4.72. The normalized spacial score (nSPS) is 12.8. The second-order valence-corrected chi connectivity index (χ2v) is 6.70. The summed E-state index contributed by atoms with van der Waals surface area (Å²) in [6, 6.07) is 12.6. The molecule has 0 aliphatic carbocycles. The van der Waals surface area contributed by atoms with E-state index in [0.29, 0.717) is 20.8 Å². The molecular weight excluding hydrogens is 335 g/mol. The number of halogens is 3. The number of hydrogen-bond donors (Lipinski definition) is 0. The van der Waals surface area contributed by atoms with Crippen LogP contribution in [0, 0.1) is 0 Å². The lowest BCUT2D eigenvalue weighted by Crippen LogP contribution is -1.99. The molecule has 0 radical (unpaired) electrons. The first-order chi connectivity index (χ1) is 9.54. The van der Waals surface area contributed by atoms with Gasteiger partial charge >= 0.3 is 0 Å². The van der Waals surface area contributed by atoms with Crippen molar-refractivity contribution in [3.05, 3.63) is 74.1 Å². The van der Waals surface area contributed by atoms with Crippen molar-refractivity contribution in [2.45, 2.75) is 5.75 Å². The topological polar surface area (TPSA) is 23.1 Å². The first-order valence-electron chi connectivity index (χ1n) is 5.79. The Morgan fingerprint density at radius 1 is 0.950 bits per heavy atom. The van der Waals surface area contributed by atoms with E-state index in [1.54, 1.807) is 35.7 Å². The van der Waals surface area contributed by atoms with Crippen molar-refractivity contribution in [2.75, 3.05) is 0 Å². The molecule has 5 heteroatoms. The van der Waals surface area contributed by atoms with Gasteiger partial charge in [-0.3, -0.25) is 0 Å². The van der Waals surface area contributed by atoms with Crippen LogP contribution in [0.15, 0.2) is 47.9 Å². The van der Waals surface area contributed by atoms with E-state index in [-0.39, 0.29) is 0 Å². The largest absolute Gasteiger partial charge is 0.612 e. The molecule has 0 aliphatic rings. The van der Waals surface area contributed by atoms with E-state index in [1.165, 1.54) is 0 Å². The van der Waals surface area contributed by atoms with Gasteiger partial charge in [0.05, 0.1) is 10.0 Å². The summed E-state index contributed by atoms with van der Waals surface area (Å²) in [6.45, 7) is 0. The first-order valence-corrected chi connectivity index (χ1v) is 8.31. The highest BCUT2D eigenvalue weighted by Crippen LogP contribution is 2.23. The monoisotopic (exact) mass is 344 g/mol. The van der Waals surface area contributed by atoms with Gasteiger partial charge in [0.1, 0.15) is 11.2 Å². The summed E-state index contributed by atoms with van der Waals surface area (Å²) in [6.07, 6.45) is 1.77. The molecule has 0 saturated carbocycles. The van der Waals surface area contributed by atoms with Crippen LogP contribution >= 0.6 is 34.8 Å². The van der Waals surface area contributed by atoms with Crippen LogP contribution in [0.2, 0.25) is 15.1 Å². The van der Waals surface area contributed by atoms with E-state index in [0.717, 1.165) is 11.1 Å². The van der Waals surface area contributed by atoms with E-state index in [1.807, 2.05) is 18.2 Å². The fourth-order valence-corrected chi connectivity index (χ4v) is 2.92. The third-order valence-electron chi connectivity index (χ3n) is 2.58. The summed E-state index contributed by atoms with van der Waals surface area (Å²) in [5.74, 6) is 0.453. The molecule has 2 rings (SSSR count). The van der Waals surface area contributed by atoms with Crippen LogP contribution in [0.25, 0.3) is 6.08 Å². The van der Waals surface area contributed by atoms with Gasteiger partial charge in [-0.15, -0.1) is 0 Å². The van der Waals surface area contributed by atoms with Crippen molar-refractivity contribution in [1.82, 2.24) is 0 Å². The van der Waals surface area contributed by atoms with Gasteiger partial charge in [-0.1, -0.05) is 53.0 Å². The Morgan fingerprint density at radius 2 is 1.65 bits per heavy atom. The molecule has 0 aromatic heterocycles. The minimum Gasteiger partial charge on any atom is -0.612 e. The molecule has 0 aliphatic heterocycles. The van der Waals surface area contributed by atoms with Crippen molar-refractivity contribution in [3.63, 3.8) is 0 Å². The number of rotatable bonds is 4. The fourth-order valence-electron chi connectivity index (χ4n) is 1.56. The second kappa shape index (κ2) is 7.39. The van der Waals surface area contributed by atoms with E-state index in [4.69, 9.17) is 34.8 Å². The third-order valence-corrected chi connectivity index (χ3v) is 4.63. The maximum atomic E-state index is 12.0. The zero-order valence-corrected chi connectivity index (χ0v) is 13.4. The molecule has 0 spiro atoms. The predicted octanol–water partition coefficient (Wildman–Crippen LogP) is 5.57. The molecule has 0 heterocycles. The Kier molecular flexibility index (Phi) is 5.82. The van der Waals surface area contributed by atoms with Gasteiger partial charge in [0, 0.05) is 10.6 Å². The average molecular weight is 346 g/mol. The Hall–Kier alpha value is -0.640. The summed E-state index contributed by atoms with van der Waals surface area (Å²) in [5.41, 5.74) is 1.84. The van der Waals surface area contributed by atoms with Crippen LogP contribution in [0.1, 0.15) is 11.1 Å². The van der Waals surface area contributed by atoms with Crippen LogP contribution in [0.4, 0.5) is 0 Å². The highest BCUT2D eigenvalue weighted by atomic mass is 35.5. The maximum absolute atomic E-state index is 12.0. The molecule has 1 unspecified atom stereocenters. The van der Waals surface area contributed by atoms with Gasteiger partial charge in [0.25, 0.3) is 0 Å². The highest BCUT2D eigenvalue weighted by molar-refractivity contribution is 7.93. The van der Waals surface area contributed by atoms with Gasteiger partial charge in [0.2, 0.25) is 0 Å². The van der Waals surface area contributed by atoms with Gasteiger partial charge in [-0.2, -0.15) is 0 Å². The molecule has 0 N–H and O–H groups in total. The summed E-state index contributed by atoms with van der Waals surface area (Å²) in [4.78, 5) is 0. The van der Waals surface area contributed by atoms with E-state index >= 15 is 0 Å². The molecule has 0 amide bonds. The fraction of sp³-hybridized carbons (Fsp3) is 0.0667. The summed E-state index contributed by atoms with van der Waals surface area (Å²) >= 11 is 16.5. The minimum atomic E-state index is -1.09. The van der Waals surface area contributed by atoms with Crippen molar-refractivity contribution in [2.24, 2.45) is 0 Å². The molecule has 0 saturated heterocycles. The van der Waals surface area contributed by atoms with Crippen LogP contribution in [-0.4, -0.2) is 4.55 Å². The van der Waals surface area contributed by atoms with Gasteiger partial charge < -0.3 is 4.55 Å². The van der Waals surface area contributed by atoms with Gasteiger partial charge in [0.15, 0.2) is 0 Å². The van der Waals surface area contributed by atoms with Crippen LogP contribution in [-0.2, 0) is 16.9 Å². The quantitative estimate of drug-likeness (QED) is 0.665. The zero-order valence-electron chi connectivity index (χ0n) is 10.4. The summed E-state index contributed by atoms with van der Waals surface area (Å²) in [7, 11) is 0. The highest BCUT2D eigenvalue weighted by Gasteiger charge is 2.04. The number of hydrogen-bond acceptors (Lipinski definition) is 1. The molecule has 1 nitrogen and oxygen atoms in total. The SMILES string of the molecule is [O-][S+](C=Cc1ccc(Cl)c(Cl)c1)Cc1ccc(Cl)cc1. The van der Waals surface area contributed by atoms with Crippen molar-refractivity contribution >= 4 is 52.1 Å². The van der Waals surface area contributed by atoms with Crippen LogP contribution in [0.5, 0.6) is 0 Å².